The molecule has 0 spiro atoms. The summed E-state index contributed by atoms with van der Waals surface area (Å²) in [7, 11) is 0. The number of carbonyl (C=O) groups is 1. The van der Waals surface area contributed by atoms with E-state index in [4.69, 9.17) is 0 Å². The van der Waals surface area contributed by atoms with Gasteiger partial charge in [-0.1, -0.05) is 38.6 Å². The molecule has 0 radical (unpaired) electrons. The van der Waals surface area contributed by atoms with Crippen molar-refractivity contribution in [1.82, 2.24) is 0 Å². The van der Waals surface area contributed by atoms with Crippen LogP contribution in [0.15, 0.2) is 12.2 Å². The zero-order chi connectivity index (χ0) is 14.0. The molecule has 0 aromatic carbocycles. The normalized spacial score (nSPS) is 14.2. The molecule has 0 saturated heterocycles. The van der Waals surface area contributed by atoms with Gasteiger partial charge in [0.25, 0.3) is 0 Å². The molecule has 0 amide bonds. The summed E-state index contributed by atoms with van der Waals surface area (Å²) in [6, 6.07) is 0. The van der Waals surface area contributed by atoms with Gasteiger partial charge in [0.2, 0.25) is 5.12 Å². The highest BCUT2D eigenvalue weighted by atomic mass is 32.2. The summed E-state index contributed by atoms with van der Waals surface area (Å²) in [5.41, 5.74) is 0.665. The molecule has 0 bridgehead atoms. The van der Waals surface area contributed by atoms with Crippen molar-refractivity contribution in [2.24, 2.45) is 0 Å². The molecular formula is C15H30NOS+. The van der Waals surface area contributed by atoms with Crippen LogP contribution in [0.25, 0.3) is 0 Å². The van der Waals surface area contributed by atoms with Crippen LogP contribution in [0.1, 0.15) is 47.0 Å². The van der Waals surface area contributed by atoms with Gasteiger partial charge in [0.05, 0.1) is 31.9 Å². The number of hydrogen-bond donors (Lipinski definition) is 0. The van der Waals surface area contributed by atoms with Gasteiger partial charge in [-0.3, -0.25) is 4.79 Å². The Balaban J connectivity index is 4.30. The van der Waals surface area contributed by atoms with Crippen LogP contribution in [0.3, 0.4) is 0 Å². The van der Waals surface area contributed by atoms with Gasteiger partial charge in [0.15, 0.2) is 0 Å². The van der Waals surface area contributed by atoms with Crippen molar-refractivity contribution in [3.8, 4) is 0 Å². The van der Waals surface area contributed by atoms with Crippen LogP contribution < -0.4 is 0 Å². The molecule has 0 aliphatic carbocycles. The van der Waals surface area contributed by atoms with E-state index in [1.807, 2.05) is 0 Å². The maximum Gasteiger partial charge on any atom is 0.214 e. The predicted octanol–water partition coefficient (Wildman–Crippen LogP) is 3.87. The van der Waals surface area contributed by atoms with E-state index in [1.54, 1.807) is 6.92 Å². The van der Waals surface area contributed by atoms with Crippen molar-refractivity contribution in [3.05, 3.63) is 12.2 Å². The average molecular weight is 272 g/mol. The number of carbonyl (C=O) groups excluding carboxylic acids is 1. The molecule has 0 N–H and O–H groups in total. The second kappa shape index (κ2) is 9.62. The van der Waals surface area contributed by atoms with E-state index in [-0.39, 0.29) is 5.12 Å². The van der Waals surface area contributed by atoms with Gasteiger partial charge in [-0.05, 0) is 32.3 Å². The van der Waals surface area contributed by atoms with Crippen molar-refractivity contribution < 1.29 is 9.28 Å². The SMILES string of the molecule is C=C(C)C(=O)SCC[N+](CC)(CCC)CCCC. The van der Waals surface area contributed by atoms with Crippen LogP contribution in [0.4, 0.5) is 0 Å². The number of nitrogens with zero attached hydrogens (tertiary/aromatic N) is 1. The summed E-state index contributed by atoms with van der Waals surface area (Å²) in [6.07, 6.45) is 3.76. The third-order valence-electron chi connectivity index (χ3n) is 3.50. The Morgan fingerprint density at radius 3 is 2.22 bits per heavy atom. The molecule has 1 unspecified atom stereocenters. The Bertz CT molecular complexity index is 265. The highest BCUT2D eigenvalue weighted by Crippen LogP contribution is 2.15. The van der Waals surface area contributed by atoms with Crippen LogP contribution in [0, 0.1) is 0 Å². The molecule has 0 rings (SSSR count). The van der Waals surface area contributed by atoms with Crippen molar-refractivity contribution in [3.63, 3.8) is 0 Å². The van der Waals surface area contributed by atoms with Crippen LogP contribution in [-0.4, -0.2) is 41.5 Å². The summed E-state index contributed by atoms with van der Waals surface area (Å²) >= 11 is 1.43. The topological polar surface area (TPSA) is 17.1 Å². The number of quaternary nitrogens is 1. The Morgan fingerprint density at radius 2 is 1.78 bits per heavy atom. The summed E-state index contributed by atoms with van der Waals surface area (Å²) in [4.78, 5) is 11.5. The van der Waals surface area contributed by atoms with E-state index < -0.39 is 0 Å². The van der Waals surface area contributed by atoms with Gasteiger partial charge < -0.3 is 4.48 Å². The minimum atomic E-state index is 0.149. The lowest BCUT2D eigenvalue weighted by atomic mass is 10.2. The van der Waals surface area contributed by atoms with Crippen LogP contribution >= 0.6 is 11.8 Å². The first-order chi connectivity index (χ1) is 8.51. The predicted molar refractivity (Wildman–Crippen MR) is 82.9 cm³/mol. The lowest BCUT2D eigenvalue weighted by molar-refractivity contribution is -0.924. The quantitative estimate of drug-likeness (QED) is 0.443. The van der Waals surface area contributed by atoms with E-state index in [0.717, 1.165) is 12.3 Å². The largest absolute Gasteiger partial charge is 0.323 e. The minimum Gasteiger partial charge on any atom is -0.323 e. The highest BCUT2D eigenvalue weighted by Gasteiger charge is 2.23. The zero-order valence-electron chi connectivity index (χ0n) is 12.6. The van der Waals surface area contributed by atoms with Gasteiger partial charge >= 0.3 is 0 Å². The third-order valence-corrected chi connectivity index (χ3v) is 4.50. The maximum absolute atomic E-state index is 11.5. The lowest BCUT2D eigenvalue weighted by Gasteiger charge is -2.37. The van der Waals surface area contributed by atoms with Crippen LogP contribution in [0.5, 0.6) is 0 Å². The molecule has 2 nitrogen and oxygen atoms in total. The van der Waals surface area contributed by atoms with E-state index in [9.17, 15) is 4.79 Å². The van der Waals surface area contributed by atoms with E-state index in [2.05, 4.69) is 27.4 Å². The van der Waals surface area contributed by atoms with E-state index in [1.165, 1.54) is 55.1 Å². The molecular weight excluding hydrogens is 242 g/mol. The number of thioether (sulfide) groups is 1. The van der Waals surface area contributed by atoms with Gasteiger partial charge in [0.1, 0.15) is 0 Å². The van der Waals surface area contributed by atoms with Gasteiger partial charge in [-0.25, -0.2) is 0 Å². The molecule has 0 saturated carbocycles. The number of rotatable bonds is 10. The zero-order valence-corrected chi connectivity index (χ0v) is 13.4. The van der Waals surface area contributed by atoms with Gasteiger partial charge in [-0.2, -0.15) is 0 Å². The Labute approximate surface area is 117 Å². The number of hydrogen-bond acceptors (Lipinski definition) is 2. The fourth-order valence-corrected chi connectivity index (χ4v) is 3.14. The summed E-state index contributed by atoms with van der Waals surface area (Å²) in [6.45, 7) is 17.0. The van der Waals surface area contributed by atoms with Crippen molar-refractivity contribution >= 4 is 16.9 Å². The van der Waals surface area contributed by atoms with Crippen LogP contribution in [0.2, 0.25) is 0 Å². The molecule has 0 aliphatic rings. The van der Waals surface area contributed by atoms with Gasteiger partial charge in [0, 0.05) is 0 Å². The third kappa shape index (κ3) is 6.60. The summed E-state index contributed by atoms with van der Waals surface area (Å²) in [5.74, 6) is 0.920. The first-order valence-electron chi connectivity index (χ1n) is 7.19. The van der Waals surface area contributed by atoms with E-state index >= 15 is 0 Å². The second-order valence-electron chi connectivity index (χ2n) is 5.10. The molecule has 0 aromatic heterocycles. The Hall–Kier alpha value is -0.280. The average Bonchev–Trinajstić information content (AvgIpc) is 2.35. The molecule has 0 aromatic rings. The molecule has 1 atom stereocenters. The lowest BCUT2D eigenvalue weighted by Crippen LogP contribution is -2.50. The smallest absolute Gasteiger partial charge is 0.214 e. The van der Waals surface area contributed by atoms with Crippen molar-refractivity contribution in [1.29, 1.82) is 0 Å². The Kier molecular flexibility index (Phi) is 9.47. The molecule has 3 heteroatoms. The first-order valence-corrected chi connectivity index (χ1v) is 8.17. The first kappa shape index (κ1) is 17.7. The minimum absolute atomic E-state index is 0.149. The molecule has 0 fully saturated rings. The fraction of sp³-hybridized carbons (Fsp3) is 0.800. The molecule has 0 aliphatic heterocycles. The van der Waals surface area contributed by atoms with Gasteiger partial charge in [-0.15, -0.1) is 0 Å². The monoisotopic (exact) mass is 272 g/mol. The highest BCUT2D eigenvalue weighted by molar-refractivity contribution is 8.14. The summed E-state index contributed by atoms with van der Waals surface area (Å²) in [5, 5.41) is 0.149. The number of unbranched alkanes of at least 4 members (excludes halogenated alkanes) is 1. The van der Waals surface area contributed by atoms with Crippen molar-refractivity contribution in [2.75, 3.05) is 31.9 Å². The maximum atomic E-state index is 11.5. The Morgan fingerprint density at radius 1 is 1.11 bits per heavy atom. The molecule has 106 valence electrons. The van der Waals surface area contributed by atoms with E-state index in [0.29, 0.717) is 5.57 Å². The summed E-state index contributed by atoms with van der Waals surface area (Å²) < 4.78 is 1.17. The van der Waals surface area contributed by atoms with Crippen molar-refractivity contribution in [2.45, 2.75) is 47.0 Å². The second-order valence-corrected chi connectivity index (χ2v) is 6.17. The molecule has 18 heavy (non-hydrogen) atoms. The standard InChI is InChI=1S/C15H30NOS/c1-6-9-11-16(8-3,10-7-2)12-13-18-15(17)14(4)5/h4,6-13H2,1-3,5H3/q+1. The molecule has 0 heterocycles. The fourth-order valence-electron chi connectivity index (χ4n) is 2.23. The van der Waals surface area contributed by atoms with Crippen LogP contribution in [-0.2, 0) is 4.79 Å².